The molecule has 10 nitrogen and oxygen atoms in total. The summed E-state index contributed by atoms with van der Waals surface area (Å²) in [5.74, 6) is 0.0796. The molecule has 6 rings (SSSR count). The zero-order chi connectivity index (χ0) is 28.3. The van der Waals surface area contributed by atoms with Gasteiger partial charge in [-0.3, -0.25) is 19.5 Å². The van der Waals surface area contributed by atoms with Gasteiger partial charge in [0.2, 0.25) is 11.7 Å². The number of nitrogens with one attached hydrogen (secondary N) is 1. The Morgan fingerprint density at radius 3 is 2.63 bits per heavy atom. The van der Waals surface area contributed by atoms with Crippen molar-refractivity contribution in [3.05, 3.63) is 90.1 Å². The van der Waals surface area contributed by atoms with E-state index in [9.17, 15) is 14.0 Å². The van der Waals surface area contributed by atoms with E-state index in [-0.39, 0.29) is 24.3 Å². The number of hydrogen-bond donors (Lipinski definition) is 1. The Balaban J connectivity index is 1.40. The Bertz CT molecular complexity index is 1690. The van der Waals surface area contributed by atoms with Gasteiger partial charge in [-0.1, -0.05) is 43.2 Å². The van der Waals surface area contributed by atoms with Crippen LogP contribution in [-0.2, 0) is 16.1 Å². The number of furan rings is 1. The van der Waals surface area contributed by atoms with Crippen molar-refractivity contribution < 1.29 is 18.4 Å². The van der Waals surface area contributed by atoms with Crippen LogP contribution in [-0.4, -0.2) is 43.0 Å². The molecule has 2 aromatic carbocycles. The van der Waals surface area contributed by atoms with Crippen molar-refractivity contribution in [1.82, 2.24) is 30.5 Å². The summed E-state index contributed by atoms with van der Waals surface area (Å²) < 4.78 is 19.5. The molecule has 2 amide bonds. The molecular formula is C30H28FN7O3. The number of aromatic nitrogens is 5. The minimum atomic E-state index is -1.10. The van der Waals surface area contributed by atoms with Crippen LogP contribution >= 0.6 is 0 Å². The van der Waals surface area contributed by atoms with Crippen LogP contribution in [0.3, 0.4) is 0 Å². The molecule has 0 aliphatic heterocycles. The number of halogens is 1. The Morgan fingerprint density at radius 1 is 1.10 bits per heavy atom. The number of aryl methyl sites for hydroxylation is 1. The molecular weight excluding hydrogens is 525 g/mol. The predicted molar refractivity (Wildman–Crippen MR) is 149 cm³/mol. The number of anilines is 1. The lowest BCUT2D eigenvalue weighted by molar-refractivity contribution is -0.127. The Labute approximate surface area is 235 Å². The number of hydrogen-bond acceptors (Lipinski definition) is 7. The zero-order valence-electron chi connectivity index (χ0n) is 22.4. The number of pyridine rings is 1. The smallest absolute Gasteiger partial charge is 0.251 e. The van der Waals surface area contributed by atoms with E-state index in [1.54, 1.807) is 25.3 Å². The van der Waals surface area contributed by atoms with Crippen LogP contribution in [0, 0.1) is 12.7 Å². The molecule has 1 N–H and O–H groups in total. The van der Waals surface area contributed by atoms with E-state index < -0.39 is 17.8 Å². The predicted octanol–water partition coefficient (Wildman–Crippen LogP) is 4.76. The highest BCUT2D eigenvalue weighted by molar-refractivity contribution is 6.02. The van der Waals surface area contributed by atoms with E-state index in [2.05, 4.69) is 25.7 Å². The van der Waals surface area contributed by atoms with E-state index in [0.29, 0.717) is 22.8 Å². The van der Waals surface area contributed by atoms with Gasteiger partial charge in [-0.2, -0.15) is 4.80 Å². The van der Waals surface area contributed by atoms with E-state index >= 15 is 0 Å². The van der Waals surface area contributed by atoms with Crippen molar-refractivity contribution >= 4 is 28.4 Å². The second-order valence-electron chi connectivity index (χ2n) is 10.1. The third-order valence-corrected chi connectivity index (χ3v) is 7.21. The maximum absolute atomic E-state index is 14.1. The lowest BCUT2D eigenvalue weighted by Crippen LogP contribution is -2.47. The van der Waals surface area contributed by atoms with Gasteiger partial charge in [-0.25, -0.2) is 4.39 Å². The van der Waals surface area contributed by atoms with Gasteiger partial charge < -0.3 is 9.73 Å². The number of fused-ring (bicyclic) bond motifs is 1. The molecule has 1 aliphatic carbocycles. The first-order valence-electron chi connectivity index (χ1n) is 13.5. The summed E-state index contributed by atoms with van der Waals surface area (Å²) in [5, 5.41) is 16.3. The fraction of sp³-hybridized carbons (Fsp3) is 0.267. The van der Waals surface area contributed by atoms with Crippen LogP contribution in [0.4, 0.5) is 10.1 Å². The fourth-order valence-electron chi connectivity index (χ4n) is 5.20. The summed E-state index contributed by atoms with van der Waals surface area (Å²) in [4.78, 5) is 35.1. The van der Waals surface area contributed by atoms with Crippen molar-refractivity contribution in [3.8, 4) is 11.6 Å². The molecule has 208 valence electrons. The third-order valence-electron chi connectivity index (χ3n) is 7.21. The topological polar surface area (TPSA) is 119 Å². The van der Waals surface area contributed by atoms with Crippen molar-refractivity contribution in [2.75, 3.05) is 4.90 Å². The molecule has 1 aliphatic rings. The van der Waals surface area contributed by atoms with Crippen LogP contribution in [0.2, 0.25) is 0 Å². The lowest BCUT2D eigenvalue weighted by Gasteiger charge is -2.32. The first kappa shape index (κ1) is 26.3. The average Bonchev–Trinajstić information content (AvgIpc) is 3.75. The van der Waals surface area contributed by atoms with Gasteiger partial charge >= 0.3 is 0 Å². The van der Waals surface area contributed by atoms with Crippen LogP contribution in [0.15, 0.2) is 77.3 Å². The highest BCUT2D eigenvalue weighted by atomic mass is 19.1. The van der Waals surface area contributed by atoms with Crippen molar-refractivity contribution in [2.24, 2.45) is 0 Å². The molecule has 5 aromatic rings. The standard InChI is InChI=1S/C30H28FN7O3/c1-19-10-15-26(41-19)29-34-36-37(35-29)18-27(39)38(24-16-21-6-2-5-9-25(21)32-17-24)28(20-11-13-22(31)14-12-20)30(40)33-23-7-3-4-8-23/h2,5-6,9-17,23,28H,3-4,7-8,18H2,1H3,(H,33,40)/t28-/m1/s1. The number of tetrazole rings is 1. The van der Waals surface area contributed by atoms with Gasteiger partial charge in [0.05, 0.1) is 17.4 Å². The summed E-state index contributed by atoms with van der Waals surface area (Å²) in [5.41, 5.74) is 1.61. The van der Waals surface area contributed by atoms with E-state index in [1.165, 1.54) is 29.2 Å². The Morgan fingerprint density at radius 2 is 1.88 bits per heavy atom. The quantitative estimate of drug-likeness (QED) is 0.294. The van der Waals surface area contributed by atoms with Crippen molar-refractivity contribution in [2.45, 2.75) is 51.2 Å². The monoisotopic (exact) mass is 553 g/mol. The van der Waals surface area contributed by atoms with Crippen LogP contribution in [0.5, 0.6) is 0 Å². The number of amides is 2. The molecule has 11 heteroatoms. The molecule has 0 bridgehead atoms. The number of nitrogens with zero attached hydrogens (tertiary/aromatic N) is 6. The second kappa shape index (κ2) is 11.3. The number of rotatable bonds is 8. The number of carbonyl (C=O) groups excluding carboxylic acids is 2. The average molecular weight is 554 g/mol. The van der Waals surface area contributed by atoms with Crippen molar-refractivity contribution in [3.63, 3.8) is 0 Å². The van der Waals surface area contributed by atoms with Gasteiger partial charge in [-0.05, 0) is 66.9 Å². The second-order valence-corrected chi connectivity index (χ2v) is 10.1. The highest BCUT2D eigenvalue weighted by Gasteiger charge is 2.35. The molecule has 3 heterocycles. The van der Waals surface area contributed by atoms with E-state index in [1.807, 2.05) is 30.3 Å². The molecule has 3 aromatic heterocycles. The zero-order valence-corrected chi connectivity index (χ0v) is 22.4. The lowest BCUT2D eigenvalue weighted by atomic mass is 10.0. The summed E-state index contributed by atoms with van der Waals surface area (Å²) >= 11 is 0. The Kier molecular flexibility index (Phi) is 7.24. The molecule has 0 spiro atoms. The van der Waals surface area contributed by atoms with Crippen LogP contribution in [0.1, 0.15) is 43.0 Å². The fourth-order valence-corrected chi connectivity index (χ4v) is 5.20. The van der Waals surface area contributed by atoms with Crippen LogP contribution in [0.25, 0.3) is 22.5 Å². The van der Waals surface area contributed by atoms with Crippen molar-refractivity contribution in [1.29, 1.82) is 0 Å². The molecule has 1 atom stereocenters. The van der Waals surface area contributed by atoms with Gasteiger partial charge in [-0.15, -0.1) is 10.2 Å². The SMILES string of the molecule is Cc1ccc(-c2nnn(CC(=O)N(c3cnc4ccccc4c3)[C@@H](C(=O)NC3CCCC3)c3ccc(F)cc3)n2)o1. The van der Waals surface area contributed by atoms with E-state index in [0.717, 1.165) is 41.4 Å². The Hall–Kier alpha value is -4.93. The maximum Gasteiger partial charge on any atom is 0.251 e. The van der Waals surface area contributed by atoms with Gasteiger partial charge in [0.1, 0.15) is 24.2 Å². The summed E-state index contributed by atoms with van der Waals surface area (Å²) in [6, 6.07) is 17.3. The number of benzene rings is 2. The highest BCUT2D eigenvalue weighted by Crippen LogP contribution is 2.31. The molecule has 0 radical (unpaired) electrons. The van der Waals surface area contributed by atoms with E-state index in [4.69, 9.17) is 4.42 Å². The summed E-state index contributed by atoms with van der Waals surface area (Å²) in [7, 11) is 0. The van der Waals surface area contributed by atoms with Gasteiger partial charge in [0.25, 0.3) is 5.91 Å². The summed E-state index contributed by atoms with van der Waals surface area (Å²) in [6.45, 7) is 1.49. The molecule has 1 saturated carbocycles. The minimum Gasteiger partial charge on any atom is -0.458 e. The third kappa shape index (κ3) is 5.69. The minimum absolute atomic E-state index is 0.00780. The maximum atomic E-state index is 14.1. The first-order chi connectivity index (χ1) is 19.9. The molecule has 0 saturated heterocycles. The van der Waals surface area contributed by atoms with Gasteiger partial charge in [0.15, 0.2) is 5.76 Å². The number of para-hydroxylation sites is 1. The number of carbonyl (C=O) groups is 2. The first-order valence-corrected chi connectivity index (χ1v) is 13.5. The molecule has 41 heavy (non-hydrogen) atoms. The largest absolute Gasteiger partial charge is 0.458 e. The van der Waals surface area contributed by atoms with Gasteiger partial charge in [0, 0.05) is 11.4 Å². The van der Waals surface area contributed by atoms with Crippen LogP contribution < -0.4 is 10.2 Å². The summed E-state index contributed by atoms with van der Waals surface area (Å²) in [6.07, 6.45) is 5.35. The normalized spacial score (nSPS) is 14.3. The molecule has 1 fully saturated rings. The molecule has 0 unspecified atom stereocenters.